The summed E-state index contributed by atoms with van der Waals surface area (Å²) in [6.45, 7) is 2.90. The SMILES string of the molecule is Cc1ccc(NC(=O)c2ccc(N3CC[C@@H](N(C)C)C3)c(C(F)(F)F)c2)cc1NOc1csc2c(NC3CC3)n[nH]c12. The number of likely N-dealkylation sites (N-methyl/N-ethyl adjacent to an activating group) is 1. The number of carbonyl (C=O) groups is 1. The number of amides is 1. The number of rotatable bonds is 9. The number of nitrogens with zero attached hydrogens (tertiary/aromatic N) is 3. The Morgan fingerprint density at radius 2 is 1.98 bits per heavy atom. The topological polar surface area (TPSA) is 97.6 Å². The Bertz CT molecular complexity index is 1610. The van der Waals surface area contributed by atoms with Crippen LogP contribution in [0.5, 0.6) is 5.75 Å². The maximum absolute atomic E-state index is 14.1. The van der Waals surface area contributed by atoms with E-state index in [1.807, 2.05) is 31.3 Å². The number of carbonyl (C=O) groups excluding carboxylic acids is 1. The smallest absolute Gasteiger partial charge is 0.379 e. The van der Waals surface area contributed by atoms with E-state index in [2.05, 4.69) is 26.3 Å². The predicted octanol–water partition coefficient (Wildman–Crippen LogP) is 6.32. The van der Waals surface area contributed by atoms with E-state index >= 15 is 0 Å². The Balaban J connectivity index is 1.16. The normalized spacial score (nSPS) is 17.2. The number of aryl methyl sites for hydroxylation is 1. The van der Waals surface area contributed by atoms with E-state index in [-0.39, 0.29) is 17.3 Å². The van der Waals surface area contributed by atoms with Gasteiger partial charge in [0, 0.05) is 47.5 Å². The molecule has 0 spiro atoms. The molecule has 0 bridgehead atoms. The zero-order valence-corrected chi connectivity index (χ0v) is 24.2. The lowest BCUT2D eigenvalue weighted by Crippen LogP contribution is -2.32. The van der Waals surface area contributed by atoms with Gasteiger partial charge in [-0.2, -0.15) is 18.3 Å². The molecule has 1 saturated heterocycles. The van der Waals surface area contributed by atoms with Gasteiger partial charge in [-0.1, -0.05) is 6.07 Å². The molecule has 42 heavy (non-hydrogen) atoms. The number of fused-ring (bicyclic) bond motifs is 1. The largest absolute Gasteiger partial charge is 0.418 e. The van der Waals surface area contributed by atoms with Crippen molar-refractivity contribution in [3.05, 3.63) is 58.5 Å². The van der Waals surface area contributed by atoms with Crippen molar-refractivity contribution < 1.29 is 22.8 Å². The van der Waals surface area contributed by atoms with E-state index in [1.165, 1.54) is 23.5 Å². The number of hydrogen-bond donors (Lipinski definition) is 4. The lowest BCUT2D eigenvalue weighted by molar-refractivity contribution is -0.137. The molecule has 1 aliphatic heterocycles. The molecule has 1 amide bonds. The molecule has 2 aromatic heterocycles. The van der Waals surface area contributed by atoms with Crippen molar-refractivity contribution in [2.75, 3.05) is 48.2 Å². The van der Waals surface area contributed by atoms with Crippen LogP contribution in [-0.4, -0.2) is 60.3 Å². The molecule has 2 fully saturated rings. The number of halogens is 3. The number of alkyl halides is 3. The summed E-state index contributed by atoms with van der Waals surface area (Å²) in [6.07, 6.45) is -1.54. The summed E-state index contributed by atoms with van der Waals surface area (Å²) in [4.78, 5) is 22.7. The Kier molecular flexibility index (Phi) is 7.39. The number of aromatic nitrogens is 2. The zero-order chi connectivity index (χ0) is 29.6. The number of aromatic amines is 1. The Morgan fingerprint density at radius 1 is 1.17 bits per heavy atom. The minimum atomic E-state index is -4.60. The van der Waals surface area contributed by atoms with Gasteiger partial charge in [-0.15, -0.1) is 11.3 Å². The van der Waals surface area contributed by atoms with Gasteiger partial charge in [0.25, 0.3) is 5.91 Å². The van der Waals surface area contributed by atoms with Crippen molar-refractivity contribution in [3.8, 4) is 5.75 Å². The van der Waals surface area contributed by atoms with Crippen molar-refractivity contribution in [3.63, 3.8) is 0 Å². The Morgan fingerprint density at radius 3 is 2.69 bits per heavy atom. The first-order valence-electron chi connectivity index (χ1n) is 13.8. The molecule has 1 aliphatic carbocycles. The van der Waals surface area contributed by atoms with Crippen LogP contribution in [0, 0.1) is 6.92 Å². The van der Waals surface area contributed by atoms with Gasteiger partial charge >= 0.3 is 6.18 Å². The van der Waals surface area contributed by atoms with Crippen LogP contribution in [0.25, 0.3) is 10.2 Å². The van der Waals surface area contributed by atoms with Crippen LogP contribution in [0.1, 0.15) is 40.7 Å². The number of H-pyrrole nitrogens is 1. The lowest BCUT2D eigenvalue weighted by atomic mass is 10.1. The molecule has 1 saturated carbocycles. The molecule has 0 unspecified atom stereocenters. The fourth-order valence-electron chi connectivity index (χ4n) is 5.06. The first-order valence-corrected chi connectivity index (χ1v) is 14.6. The van der Waals surface area contributed by atoms with Crippen LogP contribution in [0.3, 0.4) is 0 Å². The maximum Gasteiger partial charge on any atom is 0.418 e. The van der Waals surface area contributed by atoms with Gasteiger partial charge in [-0.05, 0) is 76.2 Å². The molecule has 2 aliphatic rings. The maximum atomic E-state index is 14.1. The van der Waals surface area contributed by atoms with Gasteiger partial charge in [0.15, 0.2) is 11.6 Å². The minimum Gasteiger partial charge on any atom is -0.379 e. The second kappa shape index (κ2) is 11.0. The molecule has 6 rings (SSSR count). The Labute approximate surface area is 245 Å². The van der Waals surface area contributed by atoms with Crippen molar-refractivity contribution in [2.24, 2.45) is 0 Å². The summed E-state index contributed by atoms with van der Waals surface area (Å²) in [5.74, 6) is 0.756. The molecule has 4 aromatic rings. The van der Waals surface area contributed by atoms with E-state index in [0.29, 0.717) is 36.3 Å². The standard InChI is InChI=1S/C29H32F3N7O2S/c1-16-4-6-19(13-22(16)37-41-24-15-42-26-25(24)35-36-27(26)33-18-7-8-18)34-28(40)17-5-9-23(21(12-17)29(30,31)32)39-11-10-20(14-39)38(2)3/h4-6,9,12-13,15,18,20,37H,7-8,10-11,14H2,1-3H3,(H,34,40)(H2,33,35,36)/t20-/m1/s1. The quantitative estimate of drug-likeness (QED) is 0.167. The Hall–Kier alpha value is -3.97. The summed E-state index contributed by atoms with van der Waals surface area (Å²) in [6, 6.07) is 9.58. The predicted molar refractivity (Wildman–Crippen MR) is 160 cm³/mol. The lowest BCUT2D eigenvalue weighted by Gasteiger charge is -2.25. The number of thiophene rings is 1. The van der Waals surface area contributed by atoms with Gasteiger partial charge in [-0.3, -0.25) is 9.89 Å². The second-order valence-corrected chi connectivity index (χ2v) is 11.9. The molecule has 0 radical (unpaired) electrons. The highest BCUT2D eigenvalue weighted by atomic mass is 32.1. The van der Waals surface area contributed by atoms with Crippen LogP contribution in [0.15, 0.2) is 41.8 Å². The van der Waals surface area contributed by atoms with E-state index in [0.717, 1.165) is 46.9 Å². The molecule has 4 N–H and O–H groups in total. The molecule has 2 aromatic carbocycles. The average molecular weight is 600 g/mol. The second-order valence-electron chi connectivity index (χ2n) is 11.1. The van der Waals surface area contributed by atoms with E-state index in [4.69, 9.17) is 4.84 Å². The van der Waals surface area contributed by atoms with Crippen LogP contribution in [-0.2, 0) is 6.18 Å². The third kappa shape index (κ3) is 5.84. The van der Waals surface area contributed by atoms with Gasteiger partial charge in [0.1, 0.15) is 10.2 Å². The summed E-state index contributed by atoms with van der Waals surface area (Å²) in [5, 5.41) is 15.3. The first kappa shape index (κ1) is 28.2. The number of anilines is 4. The third-order valence-electron chi connectivity index (χ3n) is 7.73. The van der Waals surface area contributed by atoms with Crippen molar-refractivity contribution >= 4 is 50.3 Å². The number of nitrogens with one attached hydrogen (secondary N) is 4. The highest BCUT2D eigenvalue weighted by Gasteiger charge is 2.37. The summed E-state index contributed by atoms with van der Waals surface area (Å²) in [5.41, 5.74) is 4.77. The summed E-state index contributed by atoms with van der Waals surface area (Å²) in [7, 11) is 3.85. The minimum absolute atomic E-state index is 0.0729. The van der Waals surface area contributed by atoms with Gasteiger partial charge in [0.05, 0.1) is 11.3 Å². The highest BCUT2D eigenvalue weighted by Crippen LogP contribution is 2.39. The summed E-state index contributed by atoms with van der Waals surface area (Å²) < 4.78 is 43.2. The average Bonchev–Trinajstić information content (AvgIpc) is 3.31. The fraction of sp³-hybridized carbons (Fsp3) is 0.379. The van der Waals surface area contributed by atoms with Crippen LogP contribution in [0.2, 0.25) is 0 Å². The van der Waals surface area contributed by atoms with Gasteiger partial charge < -0.3 is 25.3 Å². The van der Waals surface area contributed by atoms with Crippen LogP contribution >= 0.6 is 11.3 Å². The van der Waals surface area contributed by atoms with Crippen molar-refractivity contribution in [1.82, 2.24) is 15.1 Å². The molecule has 9 nitrogen and oxygen atoms in total. The van der Waals surface area contributed by atoms with E-state index in [9.17, 15) is 18.0 Å². The monoisotopic (exact) mass is 599 g/mol. The van der Waals surface area contributed by atoms with Crippen molar-refractivity contribution in [1.29, 1.82) is 0 Å². The van der Waals surface area contributed by atoms with Crippen molar-refractivity contribution in [2.45, 2.75) is 44.4 Å². The van der Waals surface area contributed by atoms with Crippen LogP contribution in [0.4, 0.5) is 36.1 Å². The molecular weight excluding hydrogens is 567 g/mol. The van der Waals surface area contributed by atoms with Gasteiger partial charge in [-0.25, -0.2) is 5.48 Å². The number of hydrogen-bond acceptors (Lipinski definition) is 8. The fourth-order valence-corrected chi connectivity index (χ4v) is 5.94. The molecule has 13 heteroatoms. The third-order valence-corrected chi connectivity index (χ3v) is 8.70. The van der Waals surface area contributed by atoms with E-state index < -0.39 is 17.6 Å². The van der Waals surface area contributed by atoms with Crippen LogP contribution < -0.4 is 25.9 Å². The highest BCUT2D eigenvalue weighted by molar-refractivity contribution is 7.18. The molecular formula is C29H32F3N7O2S. The summed E-state index contributed by atoms with van der Waals surface area (Å²) >= 11 is 1.52. The van der Waals surface area contributed by atoms with E-state index in [1.54, 1.807) is 23.1 Å². The number of benzene rings is 2. The first-order chi connectivity index (χ1) is 20.1. The molecule has 222 valence electrons. The zero-order valence-electron chi connectivity index (χ0n) is 23.4. The molecule has 1 atom stereocenters. The van der Waals surface area contributed by atoms with Gasteiger partial charge in [0.2, 0.25) is 0 Å². The molecule has 3 heterocycles.